The predicted molar refractivity (Wildman–Crippen MR) is 60.3 cm³/mol. The molecule has 0 amide bonds. The SMILES string of the molecule is N#CC1(c2ccccc2)CCSCC1. The van der Waals surface area contributed by atoms with Crippen molar-refractivity contribution >= 4 is 11.8 Å². The summed E-state index contributed by atoms with van der Waals surface area (Å²) in [5.74, 6) is 2.23. The molecule has 0 unspecified atom stereocenters. The molecule has 1 heterocycles. The van der Waals surface area contributed by atoms with Crippen molar-refractivity contribution in [2.75, 3.05) is 11.5 Å². The molecule has 1 nitrogen and oxygen atoms in total. The minimum atomic E-state index is -0.202. The zero-order valence-corrected chi connectivity index (χ0v) is 8.89. The van der Waals surface area contributed by atoms with Crippen LogP contribution in [0.4, 0.5) is 0 Å². The van der Waals surface area contributed by atoms with Gasteiger partial charge in [0.1, 0.15) is 0 Å². The lowest BCUT2D eigenvalue weighted by molar-refractivity contribution is 0.508. The zero-order chi connectivity index (χ0) is 9.86. The molecule has 1 aliphatic rings. The highest BCUT2D eigenvalue weighted by Gasteiger charge is 2.33. The summed E-state index contributed by atoms with van der Waals surface area (Å²) in [5.41, 5.74) is 0.995. The lowest BCUT2D eigenvalue weighted by Crippen LogP contribution is -2.29. The lowest BCUT2D eigenvalue weighted by Gasteiger charge is -2.30. The Morgan fingerprint density at radius 2 is 1.79 bits per heavy atom. The van der Waals surface area contributed by atoms with Crippen LogP contribution in [0.3, 0.4) is 0 Å². The van der Waals surface area contributed by atoms with Crippen molar-refractivity contribution < 1.29 is 0 Å². The molecule has 0 atom stereocenters. The van der Waals surface area contributed by atoms with Gasteiger partial charge in [0, 0.05) is 0 Å². The van der Waals surface area contributed by atoms with Crippen molar-refractivity contribution in [1.29, 1.82) is 5.26 Å². The highest BCUT2D eigenvalue weighted by atomic mass is 32.2. The molecule has 2 rings (SSSR count). The average molecular weight is 203 g/mol. The van der Waals surface area contributed by atoms with Gasteiger partial charge in [0.25, 0.3) is 0 Å². The van der Waals surface area contributed by atoms with Crippen molar-refractivity contribution in [3.05, 3.63) is 35.9 Å². The molecule has 1 aromatic carbocycles. The molecule has 0 radical (unpaired) electrons. The van der Waals surface area contributed by atoms with E-state index in [0.29, 0.717) is 0 Å². The van der Waals surface area contributed by atoms with Gasteiger partial charge in [0.2, 0.25) is 0 Å². The number of thioether (sulfide) groups is 1. The van der Waals surface area contributed by atoms with E-state index in [2.05, 4.69) is 18.2 Å². The summed E-state index contributed by atoms with van der Waals surface area (Å²) in [7, 11) is 0. The molecule has 1 fully saturated rings. The van der Waals surface area contributed by atoms with Crippen LogP contribution >= 0.6 is 11.8 Å². The second-order valence-corrected chi connectivity index (χ2v) is 4.90. The second kappa shape index (κ2) is 4.06. The molecule has 14 heavy (non-hydrogen) atoms. The third-order valence-corrected chi connectivity index (χ3v) is 3.87. The van der Waals surface area contributed by atoms with E-state index in [4.69, 9.17) is 0 Å². The Kier molecular flexibility index (Phi) is 2.79. The second-order valence-electron chi connectivity index (χ2n) is 3.67. The van der Waals surface area contributed by atoms with E-state index in [1.165, 1.54) is 5.56 Å². The smallest absolute Gasteiger partial charge is 0.0838 e. The van der Waals surface area contributed by atoms with E-state index in [9.17, 15) is 5.26 Å². The van der Waals surface area contributed by atoms with Gasteiger partial charge >= 0.3 is 0 Å². The highest BCUT2D eigenvalue weighted by molar-refractivity contribution is 7.99. The fraction of sp³-hybridized carbons (Fsp3) is 0.417. The quantitative estimate of drug-likeness (QED) is 0.700. The van der Waals surface area contributed by atoms with Crippen LogP contribution in [-0.2, 0) is 5.41 Å². The molecule has 0 saturated carbocycles. The number of nitriles is 1. The van der Waals surface area contributed by atoms with Gasteiger partial charge in [-0.2, -0.15) is 17.0 Å². The van der Waals surface area contributed by atoms with Crippen LogP contribution in [0.1, 0.15) is 18.4 Å². The van der Waals surface area contributed by atoms with Gasteiger partial charge in [-0.25, -0.2) is 0 Å². The zero-order valence-electron chi connectivity index (χ0n) is 8.07. The summed E-state index contributed by atoms with van der Waals surface area (Å²) >= 11 is 1.96. The van der Waals surface area contributed by atoms with Gasteiger partial charge in [0.15, 0.2) is 0 Å². The Morgan fingerprint density at radius 1 is 1.14 bits per heavy atom. The molecule has 72 valence electrons. The van der Waals surface area contributed by atoms with Gasteiger partial charge in [-0.15, -0.1) is 0 Å². The van der Waals surface area contributed by atoms with Crippen LogP contribution in [0.25, 0.3) is 0 Å². The maximum absolute atomic E-state index is 9.34. The molecule has 0 bridgehead atoms. The topological polar surface area (TPSA) is 23.8 Å². The molecule has 0 aromatic heterocycles. The van der Waals surface area contributed by atoms with Gasteiger partial charge in [0.05, 0.1) is 11.5 Å². The van der Waals surface area contributed by atoms with Crippen LogP contribution in [0.2, 0.25) is 0 Å². The normalized spacial score (nSPS) is 19.9. The lowest BCUT2D eigenvalue weighted by atomic mass is 9.77. The van der Waals surface area contributed by atoms with Gasteiger partial charge in [-0.3, -0.25) is 0 Å². The first-order valence-corrected chi connectivity index (χ1v) is 6.07. The van der Waals surface area contributed by atoms with E-state index < -0.39 is 0 Å². The summed E-state index contributed by atoms with van der Waals surface area (Å²) in [5, 5.41) is 9.34. The van der Waals surface area contributed by atoms with E-state index in [1.54, 1.807) is 0 Å². The number of hydrogen-bond donors (Lipinski definition) is 0. The standard InChI is InChI=1S/C12H13NS/c13-10-12(6-8-14-9-7-12)11-4-2-1-3-5-11/h1-5H,6-9H2. The first kappa shape index (κ1) is 9.61. The van der Waals surface area contributed by atoms with E-state index in [0.717, 1.165) is 24.3 Å². The fourth-order valence-electron chi connectivity index (χ4n) is 1.94. The molecular formula is C12H13NS. The van der Waals surface area contributed by atoms with Crippen molar-refractivity contribution in [3.63, 3.8) is 0 Å². The highest BCUT2D eigenvalue weighted by Crippen LogP contribution is 2.37. The number of benzene rings is 1. The first-order valence-electron chi connectivity index (χ1n) is 4.92. The third kappa shape index (κ3) is 1.65. The number of nitrogens with zero attached hydrogens (tertiary/aromatic N) is 1. The maximum Gasteiger partial charge on any atom is 0.0838 e. The molecule has 1 aliphatic heterocycles. The number of hydrogen-bond acceptors (Lipinski definition) is 2. The van der Waals surface area contributed by atoms with Crippen molar-refractivity contribution in [2.45, 2.75) is 18.3 Å². The van der Waals surface area contributed by atoms with Crippen molar-refractivity contribution in [2.24, 2.45) is 0 Å². The summed E-state index contributed by atoms with van der Waals surface area (Å²) in [4.78, 5) is 0. The first-order chi connectivity index (χ1) is 6.87. The van der Waals surface area contributed by atoms with E-state index >= 15 is 0 Å². The van der Waals surface area contributed by atoms with Crippen LogP contribution in [0.5, 0.6) is 0 Å². The molecule has 0 spiro atoms. The van der Waals surface area contributed by atoms with Crippen LogP contribution in [0.15, 0.2) is 30.3 Å². The summed E-state index contributed by atoms with van der Waals surface area (Å²) in [6.45, 7) is 0. The van der Waals surface area contributed by atoms with Crippen molar-refractivity contribution in [1.82, 2.24) is 0 Å². The summed E-state index contributed by atoms with van der Waals surface area (Å²) in [6, 6.07) is 12.7. The predicted octanol–water partition coefficient (Wildman–Crippen LogP) is 2.97. The van der Waals surface area contributed by atoms with E-state index in [-0.39, 0.29) is 5.41 Å². The van der Waals surface area contributed by atoms with Crippen LogP contribution in [-0.4, -0.2) is 11.5 Å². The Labute approximate surface area is 89.1 Å². The Bertz CT molecular complexity index is 333. The molecule has 1 saturated heterocycles. The Balaban J connectivity index is 2.33. The number of rotatable bonds is 1. The van der Waals surface area contributed by atoms with Crippen molar-refractivity contribution in [3.8, 4) is 6.07 Å². The molecular weight excluding hydrogens is 190 g/mol. The molecule has 1 aromatic rings. The molecule has 0 N–H and O–H groups in total. The molecule has 2 heteroatoms. The third-order valence-electron chi connectivity index (χ3n) is 2.89. The fourth-order valence-corrected chi connectivity index (χ4v) is 3.13. The minimum absolute atomic E-state index is 0.202. The van der Waals surface area contributed by atoms with E-state index in [1.807, 2.05) is 30.0 Å². The Hall–Kier alpha value is -0.940. The van der Waals surface area contributed by atoms with Gasteiger partial charge < -0.3 is 0 Å². The minimum Gasteiger partial charge on any atom is -0.197 e. The maximum atomic E-state index is 9.34. The Morgan fingerprint density at radius 3 is 2.36 bits per heavy atom. The summed E-state index contributed by atoms with van der Waals surface area (Å²) < 4.78 is 0. The van der Waals surface area contributed by atoms with Gasteiger partial charge in [-0.1, -0.05) is 30.3 Å². The van der Waals surface area contributed by atoms with Crippen LogP contribution in [0, 0.1) is 11.3 Å². The monoisotopic (exact) mass is 203 g/mol. The van der Waals surface area contributed by atoms with Crippen LogP contribution < -0.4 is 0 Å². The van der Waals surface area contributed by atoms with Gasteiger partial charge in [-0.05, 0) is 29.9 Å². The average Bonchev–Trinajstić information content (AvgIpc) is 2.31. The summed E-state index contributed by atoms with van der Waals surface area (Å²) in [6.07, 6.45) is 2.00. The largest absolute Gasteiger partial charge is 0.197 e. The molecule has 0 aliphatic carbocycles.